The van der Waals surface area contributed by atoms with Crippen molar-refractivity contribution in [1.29, 1.82) is 0 Å². The molecule has 2 heterocycles. The third kappa shape index (κ3) is 4.01. The summed E-state index contributed by atoms with van der Waals surface area (Å²) < 4.78 is 22.5. The lowest BCUT2D eigenvalue weighted by atomic mass is 9.87. The molecule has 0 aromatic heterocycles. The van der Waals surface area contributed by atoms with Gasteiger partial charge >= 0.3 is 0 Å². The van der Waals surface area contributed by atoms with Crippen LogP contribution in [0.25, 0.3) is 0 Å². The molecule has 2 aliphatic heterocycles. The number of benzene rings is 2. The van der Waals surface area contributed by atoms with Gasteiger partial charge in [-0.3, -0.25) is 0 Å². The summed E-state index contributed by atoms with van der Waals surface area (Å²) in [6.07, 6.45) is -5.34. The van der Waals surface area contributed by atoms with Gasteiger partial charge in [0.2, 0.25) is 5.79 Å². The molecule has 168 valence electrons. The molecule has 2 aromatic rings. The number of hydrogen-bond donors (Lipinski definition) is 4. The van der Waals surface area contributed by atoms with Crippen molar-refractivity contribution in [2.24, 2.45) is 0 Å². The number of rotatable bonds is 5. The summed E-state index contributed by atoms with van der Waals surface area (Å²) in [6, 6.07) is 10.6. The molecule has 4 rings (SSSR count). The number of methoxy groups -OCH3 is 1. The highest BCUT2D eigenvalue weighted by Gasteiger charge is 2.55. The van der Waals surface area contributed by atoms with Crippen LogP contribution in [-0.2, 0) is 21.7 Å². The first-order chi connectivity index (χ1) is 14.9. The van der Waals surface area contributed by atoms with Gasteiger partial charge in [0.15, 0.2) is 11.5 Å². The van der Waals surface area contributed by atoms with Crippen LogP contribution in [0.3, 0.4) is 0 Å². The first-order valence-corrected chi connectivity index (χ1v) is 10.3. The molecule has 4 N–H and O–H groups in total. The molecule has 0 bridgehead atoms. The van der Waals surface area contributed by atoms with Crippen LogP contribution in [0.15, 0.2) is 36.4 Å². The Kier molecular flexibility index (Phi) is 6.41. The van der Waals surface area contributed by atoms with Crippen molar-refractivity contribution in [3.05, 3.63) is 58.1 Å². The van der Waals surface area contributed by atoms with Gasteiger partial charge in [-0.1, -0.05) is 23.7 Å². The molecule has 5 atom stereocenters. The summed E-state index contributed by atoms with van der Waals surface area (Å²) in [5.41, 5.74) is 2.05. The van der Waals surface area contributed by atoms with Gasteiger partial charge in [-0.05, 0) is 41.8 Å². The fraction of sp³-hybridized carbons (Fsp3) is 0.455. The number of hydrogen-bond acceptors (Lipinski definition) is 8. The SMILES string of the molecule is COC1(c2ccc(Cl)c(Cc3ccc4c(c3)OCCO4)c2)O[C@H](CO)[C@@H](O)[C@H](O)[C@H]1O. The smallest absolute Gasteiger partial charge is 0.224 e. The average Bonchev–Trinajstić information content (AvgIpc) is 2.79. The predicted octanol–water partition coefficient (Wildman–Crippen LogP) is 0.975. The molecule has 8 nitrogen and oxygen atoms in total. The average molecular weight is 453 g/mol. The second-order valence-corrected chi connectivity index (χ2v) is 8.00. The molecule has 1 unspecified atom stereocenters. The standard InChI is InChI=1S/C22H25ClO8/c1-28-22(21(27)20(26)19(25)18(11-24)31-22)14-3-4-15(23)13(10-14)8-12-2-5-16-17(9-12)30-7-6-29-16/h2-5,9-10,18-21,24-27H,6-8,11H2,1H3/t18-,19-,20+,21-,22?/m1/s1. The van der Waals surface area contributed by atoms with Gasteiger partial charge in [-0.15, -0.1) is 0 Å². The minimum atomic E-state index is -1.79. The van der Waals surface area contributed by atoms with Crippen molar-refractivity contribution in [3.63, 3.8) is 0 Å². The zero-order chi connectivity index (χ0) is 22.2. The number of fused-ring (bicyclic) bond motifs is 1. The van der Waals surface area contributed by atoms with Gasteiger partial charge in [0.25, 0.3) is 0 Å². The van der Waals surface area contributed by atoms with Crippen molar-refractivity contribution >= 4 is 11.6 Å². The Labute approximate surface area is 184 Å². The molecule has 9 heteroatoms. The van der Waals surface area contributed by atoms with Crippen LogP contribution < -0.4 is 9.47 Å². The normalized spacial score (nSPS) is 30.3. The van der Waals surface area contributed by atoms with Crippen LogP contribution in [0, 0.1) is 0 Å². The highest BCUT2D eigenvalue weighted by atomic mass is 35.5. The summed E-state index contributed by atoms with van der Waals surface area (Å²) in [6.45, 7) is 0.434. The van der Waals surface area contributed by atoms with Crippen molar-refractivity contribution in [1.82, 2.24) is 0 Å². The van der Waals surface area contributed by atoms with Gasteiger partial charge in [-0.25, -0.2) is 0 Å². The maximum Gasteiger partial charge on any atom is 0.224 e. The largest absolute Gasteiger partial charge is 0.486 e. The Morgan fingerprint density at radius 1 is 1.03 bits per heavy atom. The minimum Gasteiger partial charge on any atom is -0.486 e. The second-order valence-electron chi connectivity index (χ2n) is 7.60. The minimum absolute atomic E-state index is 0.392. The van der Waals surface area contributed by atoms with E-state index in [2.05, 4.69) is 0 Å². The Bertz CT molecular complexity index is 936. The van der Waals surface area contributed by atoms with E-state index in [4.69, 9.17) is 30.5 Å². The zero-order valence-corrected chi connectivity index (χ0v) is 17.7. The van der Waals surface area contributed by atoms with E-state index in [0.29, 0.717) is 41.7 Å². The van der Waals surface area contributed by atoms with Crippen molar-refractivity contribution in [2.75, 3.05) is 26.9 Å². The third-order valence-corrected chi connectivity index (χ3v) is 6.07. The molecule has 0 radical (unpaired) electrons. The van der Waals surface area contributed by atoms with E-state index in [1.54, 1.807) is 18.2 Å². The number of ether oxygens (including phenoxy) is 4. The summed E-state index contributed by atoms with van der Waals surface area (Å²) >= 11 is 6.43. The second kappa shape index (κ2) is 8.91. The molecule has 2 aromatic carbocycles. The van der Waals surface area contributed by atoms with Crippen LogP contribution in [-0.4, -0.2) is 71.8 Å². The maximum atomic E-state index is 10.7. The Balaban J connectivity index is 1.68. The molecular formula is C22H25ClO8. The lowest BCUT2D eigenvalue weighted by Gasteiger charge is -2.47. The Morgan fingerprint density at radius 3 is 2.48 bits per heavy atom. The van der Waals surface area contributed by atoms with Gasteiger partial charge in [0.1, 0.15) is 37.6 Å². The molecular weight excluding hydrogens is 428 g/mol. The summed E-state index contributed by atoms with van der Waals surface area (Å²) in [4.78, 5) is 0. The Morgan fingerprint density at radius 2 is 1.77 bits per heavy atom. The van der Waals surface area contributed by atoms with Crippen LogP contribution in [0.1, 0.15) is 16.7 Å². The van der Waals surface area contributed by atoms with E-state index in [1.165, 1.54) is 7.11 Å². The van der Waals surface area contributed by atoms with Gasteiger partial charge < -0.3 is 39.4 Å². The van der Waals surface area contributed by atoms with E-state index in [1.807, 2.05) is 18.2 Å². The van der Waals surface area contributed by atoms with E-state index in [9.17, 15) is 20.4 Å². The molecule has 31 heavy (non-hydrogen) atoms. The lowest BCUT2D eigenvalue weighted by Crippen LogP contribution is -2.64. The highest BCUT2D eigenvalue weighted by Crippen LogP contribution is 2.40. The Hall–Kier alpha value is -1.91. The first-order valence-electron chi connectivity index (χ1n) is 9.95. The van der Waals surface area contributed by atoms with Gasteiger partial charge in [-0.2, -0.15) is 0 Å². The summed E-state index contributed by atoms with van der Waals surface area (Å²) in [5, 5.41) is 41.2. The fourth-order valence-electron chi connectivity index (χ4n) is 4.01. The molecule has 0 saturated carbocycles. The fourth-order valence-corrected chi connectivity index (χ4v) is 4.20. The van der Waals surface area contributed by atoms with Crippen molar-refractivity contribution in [2.45, 2.75) is 36.6 Å². The van der Waals surface area contributed by atoms with E-state index in [0.717, 1.165) is 11.1 Å². The van der Waals surface area contributed by atoms with Crippen molar-refractivity contribution < 1.29 is 39.4 Å². The van der Waals surface area contributed by atoms with E-state index >= 15 is 0 Å². The van der Waals surface area contributed by atoms with E-state index < -0.39 is 36.8 Å². The molecule has 2 aliphatic rings. The highest BCUT2D eigenvalue weighted by molar-refractivity contribution is 6.31. The summed E-state index contributed by atoms with van der Waals surface area (Å²) in [5.74, 6) is -0.439. The number of halogens is 1. The molecule has 1 saturated heterocycles. The lowest BCUT2D eigenvalue weighted by molar-refractivity contribution is -0.366. The third-order valence-electron chi connectivity index (χ3n) is 5.70. The topological polar surface area (TPSA) is 118 Å². The maximum absolute atomic E-state index is 10.7. The van der Waals surface area contributed by atoms with Crippen LogP contribution >= 0.6 is 11.6 Å². The summed E-state index contributed by atoms with van der Waals surface area (Å²) in [7, 11) is 1.32. The van der Waals surface area contributed by atoms with Crippen molar-refractivity contribution in [3.8, 4) is 11.5 Å². The van der Waals surface area contributed by atoms with Crippen LogP contribution in [0.4, 0.5) is 0 Å². The molecule has 0 aliphatic carbocycles. The molecule has 1 fully saturated rings. The number of aliphatic hydroxyl groups is 4. The number of aliphatic hydroxyl groups excluding tert-OH is 4. The van der Waals surface area contributed by atoms with Crippen LogP contribution in [0.2, 0.25) is 5.02 Å². The van der Waals surface area contributed by atoms with Gasteiger partial charge in [0, 0.05) is 17.7 Å². The molecule has 0 amide bonds. The first kappa shape index (κ1) is 22.3. The molecule has 0 spiro atoms. The van der Waals surface area contributed by atoms with E-state index in [-0.39, 0.29) is 0 Å². The monoisotopic (exact) mass is 452 g/mol. The zero-order valence-electron chi connectivity index (χ0n) is 16.9. The van der Waals surface area contributed by atoms with Crippen LogP contribution in [0.5, 0.6) is 11.5 Å². The predicted molar refractivity (Wildman–Crippen MR) is 110 cm³/mol. The quantitative estimate of drug-likeness (QED) is 0.530. The van der Waals surface area contributed by atoms with Gasteiger partial charge in [0.05, 0.1) is 6.61 Å².